The number of rotatable bonds is 7. The van der Waals surface area contributed by atoms with E-state index >= 15 is 0 Å². The number of aryl methyl sites for hydroxylation is 1. The number of aliphatic carboxylic acids is 3. The van der Waals surface area contributed by atoms with Gasteiger partial charge in [-0.3, -0.25) is 4.79 Å². The normalized spacial score (nSPS) is 10.2. The van der Waals surface area contributed by atoms with Gasteiger partial charge >= 0.3 is 17.9 Å². The van der Waals surface area contributed by atoms with E-state index in [1.54, 1.807) is 12.5 Å². The lowest BCUT2D eigenvalue weighted by molar-refractivity contribution is -0.137. The highest BCUT2D eigenvalue weighted by molar-refractivity contribution is 5.89. The SMILES string of the molecule is O.O=C(O)/C=C/C(=O)O.O=C(O)CCn1cc(Cn2ccnc2)c2ccccc21. The minimum Gasteiger partial charge on any atom is -0.481 e. The van der Waals surface area contributed by atoms with Crippen molar-refractivity contribution in [2.75, 3.05) is 0 Å². The third-order valence-electron chi connectivity index (χ3n) is 3.72. The molecule has 2 heterocycles. The van der Waals surface area contributed by atoms with Crippen molar-refractivity contribution >= 4 is 28.8 Å². The van der Waals surface area contributed by atoms with Crippen molar-refractivity contribution in [1.82, 2.24) is 14.1 Å². The van der Waals surface area contributed by atoms with E-state index in [2.05, 4.69) is 11.1 Å². The highest BCUT2D eigenvalue weighted by Gasteiger charge is 2.09. The number of aromatic nitrogens is 3. The molecule has 0 unspecified atom stereocenters. The number of imidazole rings is 1. The topological polar surface area (TPSA) is 166 Å². The van der Waals surface area contributed by atoms with Crippen LogP contribution in [0.3, 0.4) is 0 Å². The highest BCUT2D eigenvalue weighted by atomic mass is 16.4. The molecule has 3 rings (SSSR count). The van der Waals surface area contributed by atoms with Crippen LogP contribution in [0.5, 0.6) is 0 Å². The number of carboxylic acid groups (broad SMARTS) is 3. The number of hydrogen-bond acceptors (Lipinski definition) is 4. The summed E-state index contributed by atoms with van der Waals surface area (Å²) in [6, 6.07) is 8.06. The molecular weight excluding hydrogens is 382 g/mol. The van der Waals surface area contributed by atoms with Crippen LogP contribution in [0.2, 0.25) is 0 Å². The summed E-state index contributed by atoms with van der Waals surface area (Å²) < 4.78 is 4.01. The smallest absolute Gasteiger partial charge is 0.328 e. The number of benzene rings is 1. The number of carbonyl (C=O) groups is 3. The molecule has 10 heteroatoms. The van der Waals surface area contributed by atoms with Gasteiger partial charge in [0.1, 0.15) is 0 Å². The Morgan fingerprint density at radius 2 is 1.69 bits per heavy atom. The Bertz CT molecular complexity index is 975. The number of para-hydroxylation sites is 1. The van der Waals surface area contributed by atoms with Gasteiger partial charge in [0.15, 0.2) is 0 Å². The molecule has 3 aromatic rings. The van der Waals surface area contributed by atoms with Gasteiger partial charge in [-0.05, 0) is 11.6 Å². The monoisotopic (exact) mass is 403 g/mol. The van der Waals surface area contributed by atoms with Gasteiger partial charge < -0.3 is 29.9 Å². The molecule has 0 amide bonds. The molecule has 0 radical (unpaired) electrons. The van der Waals surface area contributed by atoms with Gasteiger partial charge in [0.05, 0.1) is 19.3 Å². The molecule has 0 atom stereocenters. The predicted octanol–water partition coefficient (Wildman–Crippen LogP) is 1.25. The molecule has 0 fully saturated rings. The minimum absolute atomic E-state index is 0. The van der Waals surface area contributed by atoms with Crippen molar-refractivity contribution in [2.45, 2.75) is 19.5 Å². The van der Waals surface area contributed by atoms with E-state index in [4.69, 9.17) is 15.3 Å². The molecule has 0 aliphatic carbocycles. The molecule has 0 spiro atoms. The molecule has 0 aliphatic heterocycles. The molecule has 0 aliphatic rings. The molecular formula is C19H21N3O7. The minimum atomic E-state index is -1.26. The van der Waals surface area contributed by atoms with Gasteiger partial charge in [0.25, 0.3) is 0 Å². The Labute approximate surface area is 165 Å². The third-order valence-corrected chi connectivity index (χ3v) is 3.72. The Balaban J connectivity index is 0.000000403. The first-order valence-corrected chi connectivity index (χ1v) is 8.25. The van der Waals surface area contributed by atoms with E-state index in [1.165, 1.54) is 5.56 Å². The maximum Gasteiger partial charge on any atom is 0.328 e. The molecule has 0 saturated carbocycles. The number of nitrogens with zero attached hydrogens (tertiary/aromatic N) is 3. The predicted molar refractivity (Wildman–Crippen MR) is 104 cm³/mol. The van der Waals surface area contributed by atoms with Crippen LogP contribution in [0.4, 0.5) is 0 Å². The van der Waals surface area contributed by atoms with Crippen LogP contribution < -0.4 is 0 Å². The maximum atomic E-state index is 10.7. The van der Waals surface area contributed by atoms with Crippen LogP contribution in [0.25, 0.3) is 10.9 Å². The lowest BCUT2D eigenvalue weighted by Gasteiger charge is -2.01. The standard InChI is InChI=1S/C15H15N3O2.C4H4O4.H2O/c19-15(20)5-7-18-10-12(9-17-8-6-16-11-17)13-3-1-2-4-14(13)18;5-3(6)1-2-4(7)8;/h1-4,6,8,10-11H,5,7,9H2,(H,19,20);1-2H,(H,5,6)(H,7,8);1H2/b;2-1+;. The second kappa shape index (κ2) is 11.0. The van der Waals surface area contributed by atoms with Crippen LogP contribution in [0, 0.1) is 0 Å². The molecule has 29 heavy (non-hydrogen) atoms. The van der Waals surface area contributed by atoms with E-state index in [0.29, 0.717) is 18.7 Å². The molecule has 0 bridgehead atoms. The van der Waals surface area contributed by atoms with Crippen LogP contribution in [0.15, 0.2) is 61.3 Å². The largest absolute Gasteiger partial charge is 0.481 e. The average Bonchev–Trinajstić information content (AvgIpc) is 3.28. The van der Waals surface area contributed by atoms with E-state index < -0.39 is 17.9 Å². The highest BCUT2D eigenvalue weighted by Crippen LogP contribution is 2.22. The number of carboxylic acids is 3. The van der Waals surface area contributed by atoms with Crippen LogP contribution in [-0.2, 0) is 27.5 Å². The molecule has 10 nitrogen and oxygen atoms in total. The third kappa shape index (κ3) is 7.31. The first-order valence-electron chi connectivity index (χ1n) is 8.25. The zero-order chi connectivity index (χ0) is 20.5. The van der Waals surface area contributed by atoms with Gasteiger partial charge in [-0.25, -0.2) is 14.6 Å². The lowest BCUT2D eigenvalue weighted by Crippen LogP contribution is -2.03. The molecule has 0 saturated heterocycles. The van der Waals surface area contributed by atoms with Gasteiger partial charge in [-0.2, -0.15) is 0 Å². The van der Waals surface area contributed by atoms with Crippen LogP contribution in [0.1, 0.15) is 12.0 Å². The van der Waals surface area contributed by atoms with Crippen molar-refractivity contribution in [1.29, 1.82) is 0 Å². The Morgan fingerprint density at radius 3 is 2.24 bits per heavy atom. The Hall–Kier alpha value is -3.92. The summed E-state index contributed by atoms with van der Waals surface area (Å²) in [6.45, 7) is 1.22. The fraction of sp³-hybridized carbons (Fsp3) is 0.158. The zero-order valence-electron chi connectivity index (χ0n) is 15.3. The van der Waals surface area contributed by atoms with Gasteiger partial charge in [-0.15, -0.1) is 0 Å². The Kier molecular flexibility index (Phi) is 8.80. The quantitative estimate of drug-likeness (QED) is 0.499. The number of hydrogen-bond donors (Lipinski definition) is 3. The number of fused-ring (bicyclic) bond motifs is 1. The molecule has 154 valence electrons. The van der Waals surface area contributed by atoms with Crippen molar-refractivity contribution in [3.05, 3.63) is 66.9 Å². The zero-order valence-corrected chi connectivity index (χ0v) is 15.3. The second-order valence-electron chi connectivity index (χ2n) is 5.75. The summed E-state index contributed by atoms with van der Waals surface area (Å²) in [4.78, 5) is 33.9. The average molecular weight is 403 g/mol. The molecule has 2 aromatic heterocycles. The first-order chi connectivity index (χ1) is 13.4. The van der Waals surface area contributed by atoms with Gasteiger partial charge in [-0.1, -0.05) is 18.2 Å². The van der Waals surface area contributed by atoms with Crippen LogP contribution >= 0.6 is 0 Å². The lowest BCUT2D eigenvalue weighted by atomic mass is 10.2. The summed E-state index contributed by atoms with van der Waals surface area (Å²) in [7, 11) is 0. The van der Waals surface area contributed by atoms with E-state index in [0.717, 1.165) is 17.4 Å². The first kappa shape index (κ1) is 23.1. The van der Waals surface area contributed by atoms with Gasteiger partial charge in [0, 0.05) is 48.2 Å². The summed E-state index contributed by atoms with van der Waals surface area (Å²) in [5.74, 6) is -3.29. The maximum absolute atomic E-state index is 10.7. The fourth-order valence-electron chi connectivity index (χ4n) is 2.57. The van der Waals surface area contributed by atoms with Crippen molar-refractivity contribution in [3.63, 3.8) is 0 Å². The summed E-state index contributed by atoms with van der Waals surface area (Å²) >= 11 is 0. The fourth-order valence-corrected chi connectivity index (χ4v) is 2.57. The van der Waals surface area contributed by atoms with E-state index in [-0.39, 0.29) is 11.9 Å². The Morgan fingerprint density at radius 1 is 1.03 bits per heavy atom. The van der Waals surface area contributed by atoms with Gasteiger partial charge in [0.2, 0.25) is 0 Å². The second-order valence-corrected chi connectivity index (χ2v) is 5.75. The van der Waals surface area contributed by atoms with E-state index in [1.807, 2.05) is 39.7 Å². The summed E-state index contributed by atoms with van der Waals surface area (Å²) in [5, 5.41) is 25.6. The summed E-state index contributed by atoms with van der Waals surface area (Å²) in [5.41, 5.74) is 2.24. The van der Waals surface area contributed by atoms with Crippen molar-refractivity contribution < 1.29 is 35.2 Å². The summed E-state index contributed by atoms with van der Waals surface area (Å²) in [6.07, 6.45) is 8.73. The van der Waals surface area contributed by atoms with Crippen molar-refractivity contribution in [2.24, 2.45) is 0 Å². The van der Waals surface area contributed by atoms with E-state index in [9.17, 15) is 14.4 Å². The van der Waals surface area contributed by atoms with Crippen LogP contribution in [-0.4, -0.2) is 52.8 Å². The molecule has 1 aromatic carbocycles. The molecule has 5 N–H and O–H groups in total. The van der Waals surface area contributed by atoms with Crippen molar-refractivity contribution in [3.8, 4) is 0 Å².